The summed E-state index contributed by atoms with van der Waals surface area (Å²) in [5, 5.41) is 11.1. The second-order valence-electron chi connectivity index (χ2n) is 5.29. The third-order valence-electron chi connectivity index (χ3n) is 3.77. The molecule has 100 valence electrons. The van der Waals surface area contributed by atoms with Gasteiger partial charge in [-0.25, -0.2) is 4.98 Å². The number of hydrogen-bond acceptors (Lipinski definition) is 3. The van der Waals surface area contributed by atoms with Crippen molar-refractivity contribution in [2.75, 3.05) is 0 Å². The van der Waals surface area contributed by atoms with Gasteiger partial charge in [-0.15, -0.1) is 0 Å². The Balaban J connectivity index is 1.93. The molecule has 1 heterocycles. The molecule has 2 atom stereocenters. The van der Waals surface area contributed by atoms with Crippen LogP contribution in [0.15, 0.2) is 30.3 Å². The lowest BCUT2D eigenvalue weighted by atomic mass is 9.95. The highest BCUT2D eigenvalue weighted by atomic mass is 16.5. The number of rotatable bonds is 2. The van der Waals surface area contributed by atoms with Crippen molar-refractivity contribution < 1.29 is 9.84 Å². The third-order valence-corrected chi connectivity index (χ3v) is 3.77. The number of nitrogens with zero attached hydrogens (tertiary/aromatic N) is 1. The monoisotopic (exact) mass is 257 g/mol. The van der Waals surface area contributed by atoms with Crippen molar-refractivity contribution in [3.63, 3.8) is 0 Å². The zero-order valence-electron chi connectivity index (χ0n) is 11.2. The van der Waals surface area contributed by atoms with Crippen molar-refractivity contribution in [2.24, 2.45) is 0 Å². The van der Waals surface area contributed by atoms with Crippen molar-refractivity contribution in [1.82, 2.24) is 4.98 Å². The largest absolute Gasteiger partial charge is 0.485 e. The fraction of sp³-hybridized carbons (Fsp3) is 0.438. The molecule has 1 aromatic heterocycles. The van der Waals surface area contributed by atoms with Crippen LogP contribution >= 0.6 is 0 Å². The minimum Gasteiger partial charge on any atom is -0.485 e. The van der Waals surface area contributed by atoms with Gasteiger partial charge in [0.05, 0.1) is 6.10 Å². The topological polar surface area (TPSA) is 42.4 Å². The summed E-state index contributed by atoms with van der Waals surface area (Å²) in [6, 6.07) is 10.0. The number of aryl methyl sites for hydroxylation is 1. The van der Waals surface area contributed by atoms with E-state index in [1.807, 2.05) is 31.2 Å². The van der Waals surface area contributed by atoms with Crippen LogP contribution in [0.4, 0.5) is 0 Å². The molecule has 1 aromatic carbocycles. The maximum absolute atomic E-state index is 10.0. The van der Waals surface area contributed by atoms with E-state index in [1.165, 1.54) is 0 Å². The zero-order chi connectivity index (χ0) is 13.2. The number of ether oxygens (including phenoxy) is 1. The molecule has 0 bridgehead atoms. The van der Waals surface area contributed by atoms with Gasteiger partial charge >= 0.3 is 0 Å². The minimum atomic E-state index is -0.353. The van der Waals surface area contributed by atoms with Crippen molar-refractivity contribution in [3.8, 4) is 5.75 Å². The lowest BCUT2D eigenvalue weighted by Crippen LogP contribution is -2.34. The van der Waals surface area contributed by atoms with E-state index in [2.05, 4.69) is 11.1 Å². The number of aliphatic hydroxyl groups excluding tert-OH is 1. The molecule has 0 amide bonds. The van der Waals surface area contributed by atoms with Gasteiger partial charge in [0.15, 0.2) is 0 Å². The second kappa shape index (κ2) is 5.17. The van der Waals surface area contributed by atoms with Crippen molar-refractivity contribution >= 4 is 10.9 Å². The normalized spacial score (nSPS) is 23.5. The Morgan fingerprint density at radius 1 is 1.16 bits per heavy atom. The van der Waals surface area contributed by atoms with Crippen LogP contribution < -0.4 is 4.74 Å². The van der Waals surface area contributed by atoms with Gasteiger partial charge in [-0.3, -0.25) is 0 Å². The highest BCUT2D eigenvalue weighted by Gasteiger charge is 2.25. The average Bonchev–Trinajstić information content (AvgIpc) is 2.42. The molecule has 0 spiro atoms. The Labute approximate surface area is 113 Å². The number of aromatic nitrogens is 1. The molecule has 3 rings (SSSR count). The standard InChI is InChI=1S/C16H19NO2/c1-11-9-10-12-5-4-8-15(16(12)17-11)19-14-7-3-2-6-13(14)18/h4-5,8-10,13-14,18H,2-3,6-7H2,1H3/t13-,14-/m0/s1. The summed E-state index contributed by atoms with van der Waals surface area (Å²) in [6.07, 6.45) is 3.52. The molecule has 0 aliphatic heterocycles. The zero-order valence-corrected chi connectivity index (χ0v) is 11.2. The molecular weight excluding hydrogens is 238 g/mol. The van der Waals surface area contributed by atoms with Crippen LogP contribution in [0.1, 0.15) is 31.4 Å². The molecular formula is C16H19NO2. The second-order valence-corrected chi connectivity index (χ2v) is 5.29. The van der Waals surface area contributed by atoms with Gasteiger partial charge in [0.25, 0.3) is 0 Å². The highest BCUT2D eigenvalue weighted by molar-refractivity contribution is 5.84. The molecule has 3 nitrogen and oxygen atoms in total. The van der Waals surface area contributed by atoms with Crippen molar-refractivity contribution in [1.29, 1.82) is 0 Å². The van der Waals surface area contributed by atoms with Gasteiger partial charge in [0.2, 0.25) is 0 Å². The first kappa shape index (κ1) is 12.4. The Morgan fingerprint density at radius 2 is 2.00 bits per heavy atom. The summed E-state index contributed by atoms with van der Waals surface area (Å²) in [5.41, 5.74) is 1.87. The van der Waals surface area contributed by atoms with E-state index in [4.69, 9.17) is 4.74 Å². The average molecular weight is 257 g/mol. The molecule has 1 N–H and O–H groups in total. The van der Waals surface area contributed by atoms with Gasteiger partial charge in [-0.2, -0.15) is 0 Å². The molecule has 0 radical (unpaired) electrons. The number of benzene rings is 1. The maximum Gasteiger partial charge on any atom is 0.146 e. The summed E-state index contributed by atoms with van der Waals surface area (Å²) in [6.45, 7) is 1.98. The summed E-state index contributed by atoms with van der Waals surface area (Å²) in [4.78, 5) is 4.56. The fourth-order valence-corrected chi connectivity index (χ4v) is 2.69. The van der Waals surface area contributed by atoms with Crippen LogP contribution in [0.5, 0.6) is 5.75 Å². The van der Waals surface area contributed by atoms with E-state index in [0.29, 0.717) is 0 Å². The third kappa shape index (κ3) is 2.56. The number of pyridine rings is 1. The summed E-state index contributed by atoms with van der Waals surface area (Å²) in [7, 11) is 0. The summed E-state index contributed by atoms with van der Waals surface area (Å²) in [5.74, 6) is 0.784. The van der Waals surface area contributed by atoms with Gasteiger partial charge < -0.3 is 9.84 Å². The first-order valence-electron chi connectivity index (χ1n) is 6.95. The molecule has 0 saturated heterocycles. The minimum absolute atomic E-state index is 0.0957. The van der Waals surface area contributed by atoms with Crippen LogP contribution in [0.2, 0.25) is 0 Å². The summed E-state index contributed by atoms with van der Waals surface area (Å²) < 4.78 is 6.02. The van der Waals surface area contributed by atoms with Gasteiger partial charge in [0.1, 0.15) is 17.4 Å². The van der Waals surface area contributed by atoms with Crippen LogP contribution in [-0.2, 0) is 0 Å². The van der Waals surface area contributed by atoms with Crippen molar-refractivity contribution in [2.45, 2.75) is 44.8 Å². The lowest BCUT2D eigenvalue weighted by Gasteiger charge is -2.28. The molecule has 2 aromatic rings. The molecule has 1 fully saturated rings. The smallest absolute Gasteiger partial charge is 0.146 e. The molecule has 0 unspecified atom stereocenters. The molecule has 1 saturated carbocycles. The number of para-hydroxylation sites is 1. The molecule has 3 heteroatoms. The summed E-state index contributed by atoms with van der Waals surface area (Å²) >= 11 is 0. The van der Waals surface area contributed by atoms with E-state index < -0.39 is 0 Å². The Morgan fingerprint density at radius 3 is 2.84 bits per heavy atom. The van der Waals surface area contributed by atoms with Crippen LogP contribution in [0.3, 0.4) is 0 Å². The SMILES string of the molecule is Cc1ccc2cccc(O[C@H]3CCCC[C@@H]3O)c2n1. The van der Waals surface area contributed by atoms with Crippen LogP contribution in [0, 0.1) is 6.92 Å². The van der Waals surface area contributed by atoms with Crippen LogP contribution in [-0.4, -0.2) is 22.3 Å². The Bertz CT molecular complexity index is 582. The van der Waals surface area contributed by atoms with E-state index in [-0.39, 0.29) is 12.2 Å². The number of hydrogen-bond donors (Lipinski definition) is 1. The lowest BCUT2D eigenvalue weighted by molar-refractivity contribution is 0.00758. The van der Waals surface area contributed by atoms with Gasteiger partial charge in [0, 0.05) is 11.1 Å². The van der Waals surface area contributed by atoms with E-state index in [9.17, 15) is 5.11 Å². The van der Waals surface area contributed by atoms with E-state index in [0.717, 1.165) is 48.0 Å². The molecule has 19 heavy (non-hydrogen) atoms. The van der Waals surface area contributed by atoms with Gasteiger partial charge in [-0.05, 0) is 38.3 Å². The number of aliphatic hydroxyl groups is 1. The fourth-order valence-electron chi connectivity index (χ4n) is 2.69. The first-order chi connectivity index (χ1) is 9.24. The first-order valence-corrected chi connectivity index (χ1v) is 6.95. The Kier molecular flexibility index (Phi) is 3.38. The van der Waals surface area contributed by atoms with E-state index >= 15 is 0 Å². The quantitative estimate of drug-likeness (QED) is 0.898. The highest BCUT2D eigenvalue weighted by Crippen LogP contribution is 2.28. The van der Waals surface area contributed by atoms with Crippen molar-refractivity contribution in [3.05, 3.63) is 36.0 Å². The molecule has 1 aliphatic carbocycles. The maximum atomic E-state index is 10.0. The predicted molar refractivity (Wildman–Crippen MR) is 75.4 cm³/mol. The molecule has 1 aliphatic rings. The van der Waals surface area contributed by atoms with Gasteiger partial charge in [-0.1, -0.05) is 24.6 Å². The van der Waals surface area contributed by atoms with Crippen LogP contribution in [0.25, 0.3) is 10.9 Å². The number of fused-ring (bicyclic) bond motifs is 1. The Hall–Kier alpha value is -1.61. The van der Waals surface area contributed by atoms with E-state index in [1.54, 1.807) is 0 Å². The predicted octanol–water partition coefficient (Wildman–Crippen LogP) is 3.23.